The number of nitrogens with one attached hydrogen (secondary N) is 3. The molecule has 0 aromatic heterocycles. The van der Waals surface area contributed by atoms with Crippen LogP contribution in [0.15, 0.2) is 60.8 Å². The number of anilines is 1. The number of carbonyl (C=O) groups is 1. The maximum Gasteiger partial charge on any atom is 0.235 e. The van der Waals surface area contributed by atoms with E-state index >= 15 is 0 Å². The van der Waals surface area contributed by atoms with Crippen molar-refractivity contribution < 1.29 is 4.79 Å². The lowest BCUT2D eigenvalue weighted by molar-refractivity contribution is -0.119. The van der Waals surface area contributed by atoms with Gasteiger partial charge in [0, 0.05) is 16.4 Å². The van der Waals surface area contributed by atoms with Crippen LogP contribution in [0.4, 0.5) is 5.69 Å². The molecule has 6 heteroatoms. The van der Waals surface area contributed by atoms with Gasteiger partial charge < -0.3 is 16.0 Å². The van der Waals surface area contributed by atoms with Gasteiger partial charge in [0.2, 0.25) is 5.91 Å². The van der Waals surface area contributed by atoms with Gasteiger partial charge in [-0.25, -0.2) is 0 Å². The zero-order valence-electron chi connectivity index (χ0n) is 13.7. The monoisotopic (exact) mass is 371 g/mol. The van der Waals surface area contributed by atoms with Gasteiger partial charge in [-0.15, -0.1) is 0 Å². The molecular weight excluding hydrogens is 354 g/mol. The summed E-state index contributed by atoms with van der Waals surface area (Å²) in [6.45, 7) is 5.95. The topological polar surface area (TPSA) is 53.2 Å². The Morgan fingerprint density at radius 3 is 2.56 bits per heavy atom. The molecule has 4 nitrogen and oxygen atoms in total. The number of thiocarbonyl (C=S) groups is 1. The summed E-state index contributed by atoms with van der Waals surface area (Å²) < 4.78 is 0. The summed E-state index contributed by atoms with van der Waals surface area (Å²) in [5.41, 5.74) is 3.26. The Bertz CT molecular complexity index is 835. The first kappa shape index (κ1) is 17.5. The molecule has 1 amide bonds. The van der Waals surface area contributed by atoms with E-state index < -0.39 is 5.92 Å². The van der Waals surface area contributed by atoms with Crippen LogP contribution in [-0.2, 0) is 4.79 Å². The van der Waals surface area contributed by atoms with Crippen LogP contribution in [0.3, 0.4) is 0 Å². The van der Waals surface area contributed by atoms with Gasteiger partial charge in [0.15, 0.2) is 5.11 Å². The Kier molecular flexibility index (Phi) is 5.06. The SMILES string of the molecule is C=C1NC(=S)NC(c2ccc(Cl)cc2)C1C(=O)Nc1ccccc1C. The van der Waals surface area contributed by atoms with Crippen LogP contribution < -0.4 is 16.0 Å². The van der Waals surface area contributed by atoms with E-state index in [0.29, 0.717) is 15.8 Å². The molecule has 1 saturated heterocycles. The number of amides is 1. The minimum atomic E-state index is -0.521. The third-order valence-electron chi connectivity index (χ3n) is 4.18. The molecule has 0 spiro atoms. The summed E-state index contributed by atoms with van der Waals surface area (Å²) in [6, 6.07) is 14.7. The molecule has 3 rings (SSSR count). The molecule has 0 radical (unpaired) electrons. The van der Waals surface area contributed by atoms with E-state index in [2.05, 4.69) is 22.5 Å². The Balaban J connectivity index is 1.90. The van der Waals surface area contributed by atoms with E-state index in [9.17, 15) is 4.79 Å². The standard InChI is InChI=1S/C19H18ClN3OS/c1-11-5-3-4-6-15(11)22-18(24)16-12(2)21-19(25)23-17(16)13-7-9-14(20)10-8-13/h3-10,16-17H,2H2,1H3,(H,22,24)(H2,21,23,25). The zero-order valence-corrected chi connectivity index (χ0v) is 15.2. The molecule has 2 unspecified atom stereocenters. The van der Waals surface area contributed by atoms with Gasteiger partial charge in [0.1, 0.15) is 5.92 Å². The molecule has 3 N–H and O–H groups in total. The lowest BCUT2D eigenvalue weighted by Gasteiger charge is -2.35. The molecular formula is C19H18ClN3OS. The number of rotatable bonds is 3. The molecule has 2 aromatic carbocycles. The highest BCUT2D eigenvalue weighted by Gasteiger charge is 2.36. The first-order valence-electron chi connectivity index (χ1n) is 7.84. The fraction of sp³-hybridized carbons (Fsp3) is 0.158. The van der Waals surface area contributed by atoms with E-state index in [1.807, 2.05) is 43.3 Å². The van der Waals surface area contributed by atoms with Crippen LogP contribution in [0.5, 0.6) is 0 Å². The van der Waals surface area contributed by atoms with Gasteiger partial charge in [-0.2, -0.15) is 0 Å². The highest BCUT2D eigenvalue weighted by molar-refractivity contribution is 7.80. The van der Waals surface area contributed by atoms with Crippen molar-refractivity contribution in [1.82, 2.24) is 10.6 Å². The number of aryl methyl sites for hydroxylation is 1. The third kappa shape index (κ3) is 3.83. The lowest BCUT2D eigenvalue weighted by atomic mass is 9.88. The van der Waals surface area contributed by atoms with Gasteiger partial charge in [0.25, 0.3) is 0 Å². The van der Waals surface area contributed by atoms with Gasteiger partial charge in [-0.3, -0.25) is 4.79 Å². The predicted octanol–water partition coefficient (Wildman–Crippen LogP) is 3.94. The van der Waals surface area contributed by atoms with Gasteiger partial charge >= 0.3 is 0 Å². The quantitative estimate of drug-likeness (QED) is 0.715. The average Bonchev–Trinajstić information content (AvgIpc) is 2.57. The van der Waals surface area contributed by atoms with Gasteiger partial charge in [-0.1, -0.05) is 48.5 Å². The number of para-hydroxylation sites is 1. The molecule has 1 heterocycles. The second-order valence-corrected chi connectivity index (χ2v) is 6.78. The summed E-state index contributed by atoms with van der Waals surface area (Å²) in [5, 5.41) is 10.2. The highest BCUT2D eigenvalue weighted by Crippen LogP contribution is 2.31. The average molecular weight is 372 g/mol. The van der Waals surface area contributed by atoms with E-state index in [-0.39, 0.29) is 11.9 Å². The minimum Gasteiger partial charge on any atom is -0.354 e. The van der Waals surface area contributed by atoms with Gasteiger partial charge in [0.05, 0.1) is 6.04 Å². The number of halogens is 1. The summed E-state index contributed by atoms with van der Waals surface area (Å²) in [4.78, 5) is 13.0. The van der Waals surface area contributed by atoms with Crippen LogP contribution >= 0.6 is 23.8 Å². The van der Waals surface area contributed by atoms with Crippen LogP contribution in [0.2, 0.25) is 5.02 Å². The Morgan fingerprint density at radius 1 is 1.20 bits per heavy atom. The number of hydrogen-bond donors (Lipinski definition) is 3. The Morgan fingerprint density at radius 2 is 1.88 bits per heavy atom. The maximum absolute atomic E-state index is 13.0. The van der Waals surface area contributed by atoms with E-state index in [4.69, 9.17) is 23.8 Å². The van der Waals surface area contributed by atoms with Crippen molar-refractivity contribution in [3.05, 3.63) is 77.0 Å². The number of benzene rings is 2. The summed E-state index contributed by atoms with van der Waals surface area (Å²) in [5.74, 6) is -0.672. The second kappa shape index (κ2) is 7.25. The van der Waals surface area contributed by atoms with Crippen molar-refractivity contribution in [3.63, 3.8) is 0 Å². The van der Waals surface area contributed by atoms with E-state index in [1.165, 1.54) is 0 Å². The molecule has 1 aliphatic heterocycles. The minimum absolute atomic E-state index is 0.151. The molecule has 128 valence electrons. The lowest BCUT2D eigenvalue weighted by Crippen LogP contribution is -2.51. The molecule has 1 fully saturated rings. The summed E-state index contributed by atoms with van der Waals surface area (Å²) >= 11 is 11.2. The first-order valence-corrected chi connectivity index (χ1v) is 8.62. The first-order chi connectivity index (χ1) is 12.0. The molecule has 2 atom stereocenters. The smallest absolute Gasteiger partial charge is 0.235 e. The normalized spacial score (nSPS) is 19.8. The molecule has 0 saturated carbocycles. The Labute approximate surface area is 157 Å². The molecule has 1 aliphatic rings. The second-order valence-electron chi connectivity index (χ2n) is 5.93. The van der Waals surface area contributed by atoms with Crippen molar-refractivity contribution in [2.45, 2.75) is 13.0 Å². The van der Waals surface area contributed by atoms with Crippen molar-refractivity contribution in [1.29, 1.82) is 0 Å². The van der Waals surface area contributed by atoms with Crippen LogP contribution in [-0.4, -0.2) is 11.0 Å². The van der Waals surface area contributed by atoms with Crippen molar-refractivity contribution in [2.24, 2.45) is 5.92 Å². The molecule has 0 aliphatic carbocycles. The fourth-order valence-corrected chi connectivity index (χ4v) is 3.25. The van der Waals surface area contributed by atoms with Gasteiger partial charge in [-0.05, 0) is 48.5 Å². The van der Waals surface area contributed by atoms with Crippen LogP contribution in [0.1, 0.15) is 17.2 Å². The van der Waals surface area contributed by atoms with Crippen molar-refractivity contribution in [3.8, 4) is 0 Å². The zero-order chi connectivity index (χ0) is 18.0. The largest absolute Gasteiger partial charge is 0.354 e. The molecule has 0 bridgehead atoms. The van der Waals surface area contributed by atoms with Crippen LogP contribution in [0.25, 0.3) is 0 Å². The van der Waals surface area contributed by atoms with Crippen molar-refractivity contribution >= 4 is 40.5 Å². The summed E-state index contributed by atoms with van der Waals surface area (Å²) in [7, 11) is 0. The van der Waals surface area contributed by atoms with Crippen molar-refractivity contribution in [2.75, 3.05) is 5.32 Å². The highest BCUT2D eigenvalue weighted by atomic mass is 35.5. The molecule has 2 aromatic rings. The predicted molar refractivity (Wildman–Crippen MR) is 106 cm³/mol. The Hall–Kier alpha value is -2.37. The maximum atomic E-state index is 13.0. The number of hydrogen-bond acceptors (Lipinski definition) is 2. The van der Waals surface area contributed by atoms with Crippen LogP contribution in [0, 0.1) is 12.8 Å². The number of carbonyl (C=O) groups excluding carboxylic acids is 1. The fourth-order valence-electron chi connectivity index (χ4n) is 2.86. The third-order valence-corrected chi connectivity index (χ3v) is 4.66. The molecule has 25 heavy (non-hydrogen) atoms. The van der Waals surface area contributed by atoms with E-state index in [1.54, 1.807) is 12.1 Å². The van der Waals surface area contributed by atoms with E-state index in [0.717, 1.165) is 16.8 Å². The summed E-state index contributed by atoms with van der Waals surface area (Å²) in [6.07, 6.45) is 0.